The fourth-order valence-corrected chi connectivity index (χ4v) is 9.42. The van der Waals surface area contributed by atoms with E-state index in [-0.39, 0.29) is 18.5 Å². The third-order valence-corrected chi connectivity index (χ3v) is 14.2. The van der Waals surface area contributed by atoms with Gasteiger partial charge in [-0.2, -0.15) is 0 Å². The third-order valence-electron chi connectivity index (χ3n) is 14.2. The molecule has 0 fully saturated rings. The molecule has 0 saturated carbocycles. The number of amides is 1. The maximum absolute atomic E-state index is 12.4. The molecule has 2 atom stereocenters. The number of hydrogen-bond donors (Lipinski definition) is 3. The van der Waals surface area contributed by atoms with Crippen LogP contribution in [0.15, 0.2) is 36.5 Å². The largest absolute Gasteiger partial charge is 0.466 e. The van der Waals surface area contributed by atoms with Gasteiger partial charge in [-0.1, -0.05) is 275 Å². The van der Waals surface area contributed by atoms with Crippen LogP contribution in [0, 0.1) is 0 Å². The van der Waals surface area contributed by atoms with E-state index in [0.29, 0.717) is 25.9 Å². The van der Waals surface area contributed by atoms with E-state index in [2.05, 4.69) is 55.6 Å². The van der Waals surface area contributed by atoms with Gasteiger partial charge in [0, 0.05) is 12.8 Å². The molecule has 0 radical (unpaired) electrons. The minimum atomic E-state index is -0.663. The fraction of sp³-hybridized carbons (Fsp3) is 0.873. The Hall–Kier alpha value is -1.92. The monoisotopic (exact) mass is 970 g/mol. The van der Waals surface area contributed by atoms with Crippen LogP contribution in [-0.4, -0.2) is 47.4 Å². The normalized spacial score (nSPS) is 12.8. The second-order valence-corrected chi connectivity index (χ2v) is 21.0. The van der Waals surface area contributed by atoms with E-state index < -0.39 is 12.1 Å². The average Bonchev–Trinajstić information content (AvgIpc) is 3.35. The molecule has 0 spiro atoms. The molecule has 6 nitrogen and oxygen atoms in total. The number of carbonyl (C=O) groups is 2. The summed E-state index contributed by atoms with van der Waals surface area (Å²) in [5.41, 5.74) is 0. The molecule has 0 rings (SSSR count). The first-order chi connectivity index (χ1) is 34.0. The van der Waals surface area contributed by atoms with Crippen molar-refractivity contribution in [2.45, 2.75) is 341 Å². The van der Waals surface area contributed by atoms with Crippen LogP contribution in [0.1, 0.15) is 328 Å². The molecular weight excluding hydrogens is 851 g/mol. The van der Waals surface area contributed by atoms with Gasteiger partial charge in [-0.3, -0.25) is 9.59 Å². The molecule has 69 heavy (non-hydrogen) atoms. The number of unbranched alkanes of at least 4 members (excludes halogenated alkanes) is 40. The lowest BCUT2D eigenvalue weighted by atomic mass is 10.0. The van der Waals surface area contributed by atoms with Crippen molar-refractivity contribution in [3.63, 3.8) is 0 Å². The number of nitrogens with one attached hydrogen (secondary N) is 1. The first-order valence-corrected chi connectivity index (χ1v) is 30.7. The molecule has 1 amide bonds. The van der Waals surface area contributed by atoms with Crippen molar-refractivity contribution in [3.8, 4) is 0 Å². The zero-order valence-electron chi connectivity index (χ0n) is 46.3. The molecule has 0 aliphatic heterocycles. The lowest BCUT2D eigenvalue weighted by Crippen LogP contribution is -2.45. The molecule has 2 unspecified atom stereocenters. The van der Waals surface area contributed by atoms with Gasteiger partial charge in [0.1, 0.15) is 0 Å². The van der Waals surface area contributed by atoms with Crippen LogP contribution in [0.3, 0.4) is 0 Å². The fourth-order valence-electron chi connectivity index (χ4n) is 9.42. The molecule has 0 aliphatic rings. The summed E-state index contributed by atoms with van der Waals surface area (Å²) < 4.78 is 5.47. The predicted molar refractivity (Wildman–Crippen MR) is 301 cm³/mol. The highest BCUT2D eigenvalue weighted by Gasteiger charge is 2.20. The summed E-state index contributed by atoms with van der Waals surface area (Å²) in [5, 5.41) is 23.2. The van der Waals surface area contributed by atoms with Gasteiger partial charge >= 0.3 is 5.97 Å². The highest BCUT2D eigenvalue weighted by molar-refractivity contribution is 5.76. The zero-order valence-corrected chi connectivity index (χ0v) is 46.3. The highest BCUT2D eigenvalue weighted by atomic mass is 16.5. The average molecular weight is 971 g/mol. The van der Waals surface area contributed by atoms with Crippen LogP contribution in [0.4, 0.5) is 0 Å². The molecule has 0 aromatic carbocycles. The number of hydrogen-bond acceptors (Lipinski definition) is 5. The number of carbonyl (C=O) groups excluding carboxylic acids is 2. The Morgan fingerprint density at radius 2 is 0.739 bits per heavy atom. The minimum absolute atomic E-state index is 0.000280. The number of esters is 1. The van der Waals surface area contributed by atoms with Crippen molar-refractivity contribution in [3.05, 3.63) is 36.5 Å². The summed E-state index contributed by atoms with van der Waals surface area (Å²) in [5.74, 6) is -0.0361. The summed E-state index contributed by atoms with van der Waals surface area (Å²) in [6.45, 7) is 4.91. The van der Waals surface area contributed by atoms with E-state index in [0.717, 1.165) is 51.4 Å². The summed E-state index contributed by atoms with van der Waals surface area (Å²) in [6.07, 6.45) is 73.0. The van der Waals surface area contributed by atoms with Gasteiger partial charge in [0.25, 0.3) is 0 Å². The number of ether oxygens (including phenoxy) is 1. The Labute approximate surface area is 430 Å². The third kappa shape index (κ3) is 55.2. The lowest BCUT2D eigenvalue weighted by molar-refractivity contribution is -0.143. The Kier molecular flexibility index (Phi) is 57.0. The second kappa shape index (κ2) is 58.6. The molecule has 0 aromatic rings. The molecule has 0 aromatic heterocycles. The smallest absolute Gasteiger partial charge is 0.305 e. The van der Waals surface area contributed by atoms with Gasteiger partial charge in [0.2, 0.25) is 5.91 Å². The van der Waals surface area contributed by atoms with Crippen molar-refractivity contribution in [2.24, 2.45) is 0 Å². The second-order valence-electron chi connectivity index (χ2n) is 21.0. The van der Waals surface area contributed by atoms with Gasteiger partial charge in [0.15, 0.2) is 0 Å². The summed E-state index contributed by atoms with van der Waals surface area (Å²) in [6, 6.07) is -0.541. The van der Waals surface area contributed by atoms with E-state index in [1.807, 2.05) is 0 Å². The summed E-state index contributed by atoms with van der Waals surface area (Å²) in [7, 11) is 0. The number of aliphatic hydroxyl groups excluding tert-OH is 2. The van der Waals surface area contributed by atoms with Gasteiger partial charge in [-0.25, -0.2) is 0 Å². The standard InChI is InChI=1S/C63H119NO5/c1-3-5-7-9-11-13-15-16-33-37-41-45-49-53-57-63(68)69-58-54-50-46-42-38-34-31-29-27-25-23-21-19-17-18-20-22-24-26-28-30-32-36-40-44-48-52-56-62(67)64-60(59-65)61(66)55-51-47-43-39-35-14-12-10-8-6-4-2/h9,11,15-18,60-61,65-66H,3-8,10,12-14,19-59H2,1-2H3,(H,64,67)/b11-9-,16-15-,18-17-. The Morgan fingerprint density at radius 3 is 1.16 bits per heavy atom. The molecule has 0 aliphatic carbocycles. The van der Waals surface area contributed by atoms with Gasteiger partial charge in [0.05, 0.1) is 25.4 Å². The quantitative estimate of drug-likeness (QED) is 0.0321. The number of allylic oxidation sites excluding steroid dienone is 6. The summed E-state index contributed by atoms with van der Waals surface area (Å²) in [4.78, 5) is 24.5. The van der Waals surface area contributed by atoms with Gasteiger partial charge < -0.3 is 20.3 Å². The number of aliphatic hydroxyl groups is 2. The maximum atomic E-state index is 12.4. The van der Waals surface area contributed by atoms with Crippen LogP contribution in [0.2, 0.25) is 0 Å². The molecule has 406 valence electrons. The van der Waals surface area contributed by atoms with Crippen molar-refractivity contribution in [2.75, 3.05) is 13.2 Å². The SMILES string of the molecule is CCCC/C=C\C/C=C\CCCCCCCC(=O)OCCCCCCCCCCCCCC/C=C\CCCCCCCCCCCCCC(=O)NC(CO)C(O)CCCCCCCCCCCCC. The van der Waals surface area contributed by atoms with Crippen LogP contribution >= 0.6 is 0 Å². The Bertz CT molecular complexity index is 1120. The van der Waals surface area contributed by atoms with E-state index in [9.17, 15) is 19.8 Å². The Morgan fingerprint density at radius 1 is 0.406 bits per heavy atom. The number of rotatable bonds is 57. The molecule has 0 heterocycles. The topological polar surface area (TPSA) is 95.9 Å². The first-order valence-electron chi connectivity index (χ1n) is 30.7. The molecule has 6 heteroatoms. The van der Waals surface area contributed by atoms with Crippen LogP contribution in [0.25, 0.3) is 0 Å². The summed E-state index contributed by atoms with van der Waals surface area (Å²) >= 11 is 0. The van der Waals surface area contributed by atoms with E-state index in [1.54, 1.807) is 0 Å². The minimum Gasteiger partial charge on any atom is -0.466 e. The van der Waals surface area contributed by atoms with Crippen molar-refractivity contribution in [1.29, 1.82) is 0 Å². The highest BCUT2D eigenvalue weighted by Crippen LogP contribution is 2.17. The van der Waals surface area contributed by atoms with Crippen molar-refractivity contribution in [1.82, 2.24) is 5.32 Å². The van der Waals surface area contributed by atoms with E-state index >= 15 is 0 Å². The van der Waals surface area contributed by atoms with Crippen molar-refractivity contribution >= 4 is 11.9 Å². The van der Waals surface area contributed by atoms with Crippen LogP contribution in [0.5, 0.6) is 0 Å². The predicted octanol–water partition coefficient (Wildman–Crippen LogP) is 19.2. The molecule has 0 bridgehead atoms. The molecule has 0 saturated heterocycles. The van der Waals surface area contributed by atoms with E-state index in [1.165, 1.54) is 244 Å². The van der Waals surface area contributed by atoms with Gasteiger partial charge in [-0.15, -0.1) is 0 Å². The lowest BCUT2D eigenvalue weighted by Gasteiger charge is -2.22. The zero-order chi connectivity index (χ0) is 50.0. The van der Waals surface area contributed by atoms with E-state index in [4.69, 9.17) is 4.74 Å². The maximum Gasteiger partial charge on any atom is 0.305 e. The van der Waals surface area contributed by atoms with Crippen molar-refractivity contribution < 1.29 is 24.5 Å². The first kappa shape index (κ1) is 67.1. The molecule has 3 N–H and O–H groups in total. The molecular formula is C63H119NO5. The van der Waals surface area contributed by atoms with Crippen LogP contribution < -0.4 is 5.32 Å². The Balaban J connectivity index is 3.37. The van der Waals surface area contributed by atoms with Crippen LogP contribution in [-0.2, 0) is 14.3 Å². The van der Waals surface area contributed by atoms with Gasteiger partial charge in [-0.05, 0) is 77.0 Å².